The Morgan fingerprint density at radius 3 is 2.87 bits per heavy atom. The van der Waals surface area contributed by atoms with Gasteiger partial charge in [0.1, 0.15) is 5.82 Å². The van der Waals surface area contributed by atoms with Crippen LogP contribution in [0.4, 0.5) is 5.82 Å². The van der Waals surface area contributed by atoms with E-state index in [2.05, 4.69) is 35.0 Å². The highest BCUT2D eigenvalue weighted by Crippen LogP contribution is 2.39. The zero-order valence-corrected chi connectivity index (χ0v) is 9.53. The number of anilines is 1. The number of nitrogens with one attached hydrogen (secondary N) is 1. The molecule has 82 valence electrons. The first-order valence-corrected chi connectivity index (χ1v) is 6.05. The summed E-state index contributed by atoms with van der Waals surface area (Å²) in [6.45, 7) is 6.67. The molecule has 1 aromatic heterocycles. The molecule has 3 heteroatoms. The molecule has 0 aromatic carbocycles. The third kappa shape index (κ3) is 1.64. The van der Waals surface area contributed by atoms with E-state index in [0.717, 1.165) is 24.9 Å². The third-order valence-electron chi connectivity index (χ3n) is 3.63. The standard InChI is InChI=1S/C12H19N3/c1-8(2)11-5-12-13-6-10(9-3-4-9)7-15(12)14-11/h5,8-10,13H,3-4,6-7H2,1-2H3. The second-order valence-electron chi connectivity index (χ2n) is 5.27. The Kier molecular flexibility index (Phi) is 2.01. The zero-order chi connectivity index (χ0) is 10.4. The first kappa shape index (κ1) is 9.25. The molecule has 1 N–H and O–H groups in total. The molecule has 0 saturated heterocycles. The lowest BCUT2D eigenvalue weighted by Crippen LogP contribution is -2.29. The summed E-state index contributed by atoms with van der Waals surface area (Å²) in [5, 5.41) is 8.17. The van der Waals surface area contributed by atoms with E-state index >= 15 is 0 Å². The van der Waals surface area contributed by atoms with Crippen LogP contribution in [0.25, 0.3) is 0 Å². The highest BCUT2D eigenvalue weighted by Gasteiger charge is 2.34. The fourth-order valence-electron chi connectivity index (χ4n) is 2.41. The van der Waals surface area contributed by atoms with E-state index in [9.17, 15) is 0 Å². The first-order valence-electron chi connectivity index (χ1n) is 6.05. The van der Waals surface area contributed by atoms with Crippen molar-refractivity contribution in [1.29, 1.82) is 0 Å². The SMILES string of the molecule is CC(C)c1cc2n(n1)CC(C1CC1)CN2. The van der Waals surface area contributed by atoms with Crippen LogP contribution in [0.1, 0.15) is 38.3 Å². The van der Waals surface area contributed by atoms with Crippen LogP contribution < -0.4 is 5.32 Å². The van der Waals surface area contributed by atoms with Crippen molar-refractivity contribution < 1.29 is 0 Å². The molecule has 1 saturated carbocycles. The van der Waals surface area contributed by atoms with Crippen molar-refractivity contribution in [3.8, 4) is 0 Å². The molecule has 1 unspecified atom stereocenters. The molecule has 1 atom stereocenters. The van der Waals surface area contributed by atoms with Gasteiger partial charge in [0.15, 0.2) is 0 Å². The van der Waals surface area contributed by atoms with E-state index in [1.807, 2.05) is 0 Å². The van der Waals surface area contributed by atoms with E-state index < -0.39 is 0 Å². The average Bonchev–Trinajstić information content (AvgIpc) is 2.96. The summed E-state index contributed by atoms with van der Waals surface area (Å²) in [5.74, 6) is 3.54. The Morgan fingerprint density at radius 2 is 2.20 bits per heavy atom. The van der Waals surface area contributed by atoms with Gasteiger partial charge in [-0.1, -0.05) is 13.8 Å². The largest absolute Gasteiger partial charge is 0.370 e. The van der Waals surface area contributed by atoms with Crippen LogP contribution >= 0.6 is 0 Å². The number of nitrogens with zero attached hydrogens (tertiary/aromatic N) is 2. The minimum atomic E-state index is 0.532. The van der Waals surface area contributed by atoms with Gasteiger partial charge in [-0.2, -0.15) is 5.10 Å². The van der Waals surface area contributed by atoms with Crippen molar-refractivity contribution in [3.05, 3.63) is 11.8 Å². The van der Waals surface area contributed by atoms with Crippen molar-refractivity contribution in [2.45, 2.75) is 39.2 Å². The number of hydrogen-bond acceptors (Lipinski definition) is 2. The Bertz CT molecular complexity index is 363. The molecule has 1 aliphatic carbocycles. The van der Waals surface area contributed by atoms with E-state index in [0.29, 0.717) is 5.92 Å². The van der Waals surface area contributed by atoms with Crippen LogP contribution in [0, 0.1) is 11.8 Å². The van der Waals surface area contributed by atoms with Gasteiger partial charge in [0, 0.05) is 19.2 Å². The molecule has 0 spiro atoms. The smallest absolute Gasteiger partial charge is 0.124 e. The van der Waals surface area contributed by atoms with Gasteiger partial charge >= 0.3 is 0 Å². The lowest BCUT2D eigenvalue weighted by molar-refractivity contribution is 0.372. The summed E-state index contributed by atoms with van der Waals surface area (Å²) >= 11 is 0. The van der Waals surface area contributed by atoms with Crippen molar-refractivity contribution in [2.24, 2.45) is 11.8 Å². The summed E-state index contributed by atoms with van der Waals surface area (Å²) < 4.78 is 2.17. The molecule has 2 aliphatic rings. The highest BCUT2D eigenvalue weighted by molar-refractivity contribution is 5.39. The van der Waals surface area contributed by atoms with Crippen LogP contribution in [0.3, 0.4) is 0 Å². The first-order chi connectivity index (χ1) is 7.24. The Hall–Kier alpha value is -0.990. The zero-order valence-electron chi connectivity index (χ0n) is 9.53. The van der Waals surface area contributed by atoms with Gasteiger partial charge in [-0.3, -0.25) is 0 Å². The van der Waals surface area contributed by atoms with Crippen molar-refractivity contribution >= 4 is 5.82 Å². The van der Waals surface area contributed by atoms with Gasteiger partial charge in [0.05, 0.1) is 5.69 Å². The number of rotatable bonds is 2. The fraction of sp³-hybridized carbons (Fsp3) is 0.750. The van der Waals surface area contributed by atoms with E-state index in [-0.39, 0.29) is 0 Å². The molecule has 0 radical (unpaired) electrons. The number of aromatic nitrogens is 2. The predicted molar refractivity (Wildman–Crippen MR) is 61.0 cm³/mol. The molecule has 0 bridgehead atoms. The third-order valence-corrected chi connectivity index (χ3v) is 3.63. The molecule has 0 amide bonds. The lowest BCUT2D eigenvalue weighted by atomic mass is 10.0. The predicted octanol–water partition coefficient (Wildman–Crippen LogP) is 2.46. The van der Waals surface area contributed by atoms with E-state index in [4.69, 9.17) is 0 Å². The van der Waals surface area contributed by atoms with Crippen LogP contribution in [-0.2, 0) is 6.54 Å². The van der Waals surface area contributed by atoms with Gasteiger partial charge in [-0.15, -0.1) is 0 Å². The maximum absolute atomic E-state index is 4.66. The highest BCUT2D eigenvalue weighted by atomic mass is 15.3. The molecule has 15 heavy (non-hydrogen) atoms. The monoisotopic (exact) mass is 205 g/mol. The maximum atomic E-state index is 4.66. The molecular weight excluding hydrogens is 186 g/mol. The van der Waals surface area contributed by atoms with Crippen LogP contribution in [0.2, 0.25) is 0 Å². The summed E-state index contributed by atoms with van der Waals surface area (Å²) in [7, 11) is 0. The molecule has 1 aliphatic heterocycles. The van der Waals surface area contributed by atoms with Crippen LogP contribution in [0.15, 0.2) is 6.07 Å². The number of fused-ring (bicyclic) bond motifs is 1. The topological polar surface area (TPSA) is 29.9 Å². The van der Waals surface area contributed by atoms with Crippen LogP contribution in [-0.4, -0.2) is 16.3 Å². The van der Waals surface area contributed by atoms with Crippen LogP contribution in [0.5, 0.6) is 0 Å². The fourth-order valence-corrected chi connectivity index (χ4v) is 2.41. The quantitative estimate of drug-likeness (QED) is 0.803. The summed E-state index contributed by atoms with van der Waals surface area (Å²) in [4.78, 5) is 0. The molecule has 1 fully saturated rings. The molecule has 1 aromatic rings. The van der Waals surface area contributed by atoms with Gasteiger partial charge in [0.25, 0.3) is 0 Å². The average molecular weight is 205 g/mol. The summed E-state index contributed by atoms with van der Waals surface area (Å²) in [5.41, 5.74) is 1.22. The second-order valence-corrected chi connectivity index (χ2v) is 5.27. The Morgan fingerprint density at radius 1 is 1.40 bits per heavy atom. The molecule has 3 rings (SSSR count). The Labute approximate surface area is 90.9 Å². The van der Waals surface area contributed by atoms with Crippen molar-refractivity contribution in [2.75, 3.05) is 11.9 Å². The van der Waals surface area contributed by atoms with E-state index in [1.165, 1.54) is 24.4 Å². The lowest BCUT2D eigenvalue weighted by Gasteiger charge is -2.24. The second kappa shape index (κ2) is 3.26. The minimum absolute atomic E-state index is 0.532. The normalized spacial score (nSPS) is 25.1. The van der Waals surface area contributed by atoms with Gasteiger partial charge in [0.2, 0.25) is 0 Å². The Balaban J connectivity index is 1.82. The summed E-state index contributed by atoms with van der Waals surface area (Å²) in [6.07, 6.45) is 2.86. The minimum Gasteiger partial charge on any atom is -0.370 e. The molecular formula is C12H19N3. The van der Waals surface area contributed by atoms with Crippen molar-refractivity contribution in [1.82, 2.24) is 9.78 Å². The number of hydrogen-bond donors (Lipinski definition) is 1. The molecule has 3 nitrogen and oxygen atoms in total. The van der Waals surface area contributed by atoms with Crippen molar-refractivity contribution in [3.63, 3.8) is 0 Å². The summed E-state index contributed by atoms with van der Waals surface area (Å²) in [6, 6.07) is 2.20. The van der Waals surface area contributed by atoms with Gasteiger partial charge < -0.3 is 5.32 Å². The molecule has 2 heterocycles. The van der Waals surface area contributed by atoms with E-state index in [1.54, 1.807) is 0 Å². The maximum Gasteiger partial charge on any atom is 0.124 e. The van der Waals surface area contributed by atoms with Gasteiger partial charge in [-0.25, -0.2) is 4.68 Å². The van der Waals surface area contributed by atoms with Gasteiger partial charge in [-0.05, 0) is 30.6 Å².